The van der Waals surface area contributed by atoms with Crippen molar-refractivity contribution in [1.82, 2.24) is 4.90 Å². The molecule has 0 heterocycles. The van der Waals surface area contributed by atoms with Crippen molar-refractivity contribution in [2.24, 2.45) is 0 Å². The number of hydrogen-bond acceptors (Lipinski definition) is 3. The topological polar surface area (TPSA) is 66.8 Å². The molecule has 164 valence electrons. The van der Waals surface area contributed by atoms with Crippen LogP contribution in [0.3, 0.4) is 0 Å². The molecule has 0 radical (unpaired) electrons. The molecule has 0 spiro atoms. The highest BCUT2D eigenvalue weighted by molar-refractivity contribution is 6.30. The summed E-state index contributed by atoms with van der Waals surface area (Å²) in [6.45, 7) is 0.849. The van der Waals surface area contributed by atoms with Crippen LogP contribution in [0.25, 0.3) is 11.1 Å². The Kier molecular flexibility index (Phi) is 6.76. The Morgan fingerprint density at radius 2 is 1.50 bits per heavy atom. The van der Waals surface area contributed by atoms with Gasteiger partial charge in [-0.25, -0.2) is 4.79 Å². The van der Waals surface area contributed by atoms with Gasteiger partial charge in [-0.3, -0.25) is 4.79 Å². The van der Waals surface area contributed by atoms with Gasteiger partial charge in [-0.05, 0) is 46.4 Å². The molecule has 1 aliphatic rings. The zero-order valence-corrected chi connectivity index (χ0v) is 18.3. The molecule has 5 nitrogen and oxygen atoms in total. The van der Waals surface area contributed by atoms with Crippen molar-refractivity contribution >= 4 is 23.7 Å². The maximum absolute atomic E-state index is 13.0. The van der Waals surface area contributed by atoms with E-state index in [1.807, 2.05) is 36.4 Å². The zero-order valence-electron chi connectivity index (χ0n) is 17.5. The standard InChI is InChI=1S/C26H24ClNO4/c27-19-13-11-18(12-14-19)16-28(15-5-10-25(29)30)26(31)32-17-24-22-8-3-1-6-20(22)21-7-2-4-9-23(21)24/h1-4,6-9,11-14,24H,5,10,15-17H2,(H,29,30). The number of amides is 1. The summed E-state index contributed by atoms with van der Waals surface area (Å²) < 4.78 is 5.77. The van der Waals surface area contributed by atoms with Crippen LogP contribution < -0.4 is 0 Å². The van der Waals surface area contributed by atoms with Crippen molar-refractivity contribution in [3.8, 4) is 11.1 Å². The molecular weight excluding hydrogens is 426 g/mol. The first-order chi connectivity index (χ1) is 15.5. The minimum atomic E-state index is -0.885. The Labute approximate surface area is 192 Å². The summed E-state index contributed by atoms with van der Waals surface area (Å²) >= 11 is 5.96. The molecule has 0 unspecified atom stereocenters. The summed E-state index contributed by atoms with van der Waals surface area (Å²) in [5, 5.41) is 9.59. The molecule has 0 saturated carbocycles. The van der Waals surface area contributed by atoms with Crippen LogP contribution in [0.15, 0.2) is 72.8 Å². The molecule has 0 fully saturated rings. The Bertz CT molecular complexity index is 1070. The van der Waals surface area contributed by atoms with Gasteiger partial charge in [0.25, 0.3) is 0 Å². The van der Waals surface area contributed by atoms with Crippen molar-refractivity contribution in [3.63, 3.8) is 0 Å². The predicted octanol–water partition coefficient (Wildman–Crippen LogP) is 5.96. The molecule has 4 rings (SSSR count). The van der Waals surface area contributed by atoms with Gasteiger partial charge in [-0.2, -0.15) is 0 Å². The van der Waals surface area contributed by atoms with E-state index < -0.39 is 12.1 Å². The van der Waals surface area contributed by atoms with Crippen molar-refractivity contribution in [2.45, 2.75) is 25.3 Å². The number of nitrogens with zero attached hydrogens (tertiary/aromatic N) is 1. The molecular formula is C26H24ClNO4. The van der Waals surface area contributed by atoms with E-state index in [1.165, 1.54) is 11.1 Å². The molecule has 3 aromatic carbocycles. The molecule has 1 amide bonds. The van der Waals surface area contributed by atoms with Crippen LogP contribution in [-0.4, -0.2) is 35.2 Å². The van der Waals surface area contributed by atoms with E-state index in [1.54, 1.807) is 17.0 Å². The molecule has 0 aliphatic heterocycles. The Hall–Kier alpha value is -3.31. The highest BCUT2D eigenvalue weighted by Gasteiger charge is 2.29. The maximum atomic E-state index is 13.0. The third-order valence-corrected chi connectivity index (χ3v) is 5.95. The summed E-state index contributed by atoms with van der Waals surface area (Å²) in [6.07, 6.45) is -0.104. The number of ether oxygens (including phenoxy) is 1. The molecule has 0 bridgehead atoms. The van der Waals surface area contributed by atoms with E-state index >= 15 is 0 Å². The molecule has 1 aliphatic carbocycles. The first-order valence-corrected chi connectivity index (χ1v) is 11.0. The minimum Gasteiger partial charge on any atom is -0.481 e. The molecule has 0 atom stereocenters. The molecule has 6 heteroatoms. The number of fused-ring (bicyclic) bond motifs is 3. The Morgan fingerprint density at radius 1 is 0.906 bits per heavy atom. The molecule has 1 N–H and O–H groups in total. The number of carbonyl (C=O) groups is 2. The fourth-order valence-corrected chi connectivity index (χ4v) is 4.28. The summed E-state index contributed by atoms with van der Waals surface area (Å²) in [6, 6.07) is 23.6. The number of halogens is 1. The van der Waals surface area contributed by atoms with E-state index in [2.05, 4.69) is 24.3 Å². The number of aliphatic carboxylic acids is 1. The summed E-state index contributed by atoms with van der Waals surface area (Å²) in [7, 11) is 0. The Morgan fingerprint density at radius 3 is 2.09 bits per heavy atom. The van der Waals surface area contributed by atoms with Crippen LogP contribution in [0.4, 0.5) is 4.79 Å². The van der Waals surface area contributed by atoms with E-state index in [0.717, 1.165) is 16.7 Å². The van der Waals surface area contributed by atoms with Crippen LogP contribution in [0, 0.1) is 0 Å². The second kappa shape index (κ2) is 9.88. The van der Waals surface area contributed by atoms with E-state index in [-0.39, 0.29) is 18.9 Å². The molecule has 3 aromatic rings. The quantitative estimate of drug-likeness (QED) is 0.461. The van der Waals surface area contributed by atoms with Crippen molar-refractivity contribution < 1.29 is 19.4 Å². The first-order valence-electron chi connectivity index (χ1n) is 10.6. The van der Waals surface area contributed by atoms with E-state index in [4.69, 9.17) is 21.4 Å². The first kappa shape index (κ1) is 21.9. The van der Waals surface area contributed by atoms with Gasteiger partial charge in [-0.15, -0.1) is 0 Å². The number of benzene rings is 3. The van der Waals surface area contributed by atoms with Crippen LogP contribution in [0.5, 0.6) is 0 Å². The SMILES string of the molecule is O=C(O)CCCN(Cc1ccc(Cl)cc1)C(=O)OCC1c2ccccc2-c2ccccc21. The van der Waals surface area contributed by atoms with Crippen LogP contribution >= 0.6 is 11.6 Å². The summed E-state index contributed by atoms with van der Waals surface area (Å²) in [4.78, 5) is 25.5. The lowest BCUT2D eigenvalue weighted by atomic mass is 9.98. The second-order valence-corrected chi connectivity index (χ2v) is 8.29. The number of carboxylic acids is 1. The van der Waals surface area contributed by atoms with Crippen LogP contribution in [0.2, 0.25) is 5.02 Å². The smallest absolute Gasteiger partial charge is 0.410 e. The number of rotatable bonds is 8. The van der Waals surface area contributed by atoms with Gasteiger partial charge >= 0.3 is 12.1 Å². The average molecular weight is 450 g/mol. The van der Waals surface area contributed by atoms with E-state index in [0.29, 0.717) is 24.5 Å². The minimum absolute atomic E-state index is 0.00618. The average Bonchev–Trinajstić information content (AvgIpc) is 3.12. The lowest BCUT2D eigenvalue weighted by molar-refractivity contribution is -0.137. The van der Waals surface area contributed by atoms with Gasteiger partial charge in [0.1, 0.15) is 6.61 Å². The van der Waals surface area contributed by atoms with Crippen LogP contribution in [-0.2, 0) is 16.1 Å². The maximum Gasteiger partial charge on any atom is 0.410 e. The highest BCUT2D eigenvalue weighted by atomic mass is 35.5. The fourth-order valence-electron chi connectivity index (χ4n) is 4.15. The zero-order chi connectivity index (χ0) is 22.5. The summed E-state index contributed by atoms with van der Waals surface area (Å²) in [5.41, 5.74) is 5.54. The Balaban J connectivity index is 1.48. The number of carbonyl (C=O) groups excluding carboxylic acids is 1. The van der Waals surface area contributed by atoms with Gasteiger partial charge < -0.3 is 14.7 Å². The third kappa shape index (κ3) is 4.94. The fraction of sp³-hybridized carbons (Fsp3) is 0.231. The molecule has 0 saturated heterocycles. The normalized spacial score (nSPS) is 12.2. The predicted molar refractivity (Wildman–Crippen MR) is 124 cm³/mol. The molecule has 0 aromatic heterocycles. The molecule has 32 heavy (non-hydrogen) atoms. The number of hydrogen-bond donors (Lipinski definition) is 1. The largest absolute Gasteiger partial charge is 0.481 e. The lowest BCUT2D eigenvalue weighted by Gasteiger charge is -2.23. The van der Waals surface area contributed by atoms with Crippen molar-refractivity contribution in [2.75, 3.05) is 13.2 Å². The van der Waals surface area contributed by atoms with E-state index in [9.17, 15) is 9.59 Å². The lowest BCUT2D eigenvalue weighted by Crippen LogP contribution is -2.33. The monoisotopic (exact) mass is 449 g/mol. The van der Waals surface area contributed by atoms with Crippen LogP contribution in [0.1, 0.15) is 35.4 Å². The van der Waals surface area contributed by atoms with Crippen molar-refractivity contribution in [3.05, 3.63) is 94.5 Å². The van der Waals surface area contributed by atoms with Gasteiger partial charge in [0.05, 0.1) is 0 Å². The number of carboxylic acid groups (broad SMARTS) is 1. The van der Waals surface area contributed by atoms with Crippen molar-refractivity contribution in [1.29, 1.82) is 0 Å². The second-order valence-electron chi connectivity index (χ2n) is 7.85. The van der Waals surface area contributed by atoms with Gasteiger partial charge in [-0.1, -0.05) is 72.3 Å². The van der Waals surface area contributed by atoms with Gasteiger partial charge in [0, 0.05) is 30.5 Å². The highest BCUT2D eigenvalue weighted by Crippen LogP contribution is 2.44. The van der Waals surface area contributed by atoms with Gasteiger partial charge in [0.2, 0.25) is 0 Å². The summed E-state index contributed by atoms with van der Waals surface area (Å²) in [5.74, 6) is -0.910. The third-order valence-electron chi connectivity index (χ3n) is 5.70. The van der Waals surface area contributed by atoms with Gasteiger partial charge in [0.15, 0.2) is 0 Å².